The van der Waals surface area contributed by atoms with Gasteiger partial charge in [0.25, 0.3) is 0 Å². The number of amides is 1. The number of hydrogen-bond acceptors (Lipinski definition) is 3. The van der Waals surface area contributed by atoms with E-state index in [0.717, 1.165) is 37.4 Å². The topological polar surface area (TPSA) is 50.2 Å². The normalized spacial score (nSPS) is 14.2. The number of anilines is 1. The van der Waals surface area contributed by atoms with E-state index in [9.17, 15) is 4.79 Å². The zero-order valence-corrected chi connectivity index (χ0v) is 14.6. The summed E-state index contributed by atoms with van der Waals surface area (Å²) in [6.45, 7) is 2.46. The van der Waals surface area contributed by atoms with Crippen molar-refractivity contribution in [2.24, 2.45) is 0 Å². The Morgan fingerprint density at radius 2 is 1.58 bits per heavy atom. The van der Waals surface area contributed by atoms with Crippen LogP contribution < -0.4 is 10.2 Å². The lowest BCUT2D eigenvalue weighted by atomic mass is 10.1. The Kier molecular flexibility index (Phi) is 4.80. The van der Waals surface area contributed by atoms with Crippen molar-refractivity contribution in [1.82, 2.24) is 14.9 Å². The van der Waals surface area contributed by atoms with Crippen molar-refractivity contribution in [2.45, 2.75) is 25.9 Å². The highest BCUT2D eigenvalue weighted by atomic mass is 16.2. The van der Waals surface area contributed by atoms with Crippen LogP contribution in [0.1, 0.15) is 24.0 Å². The lowest BCUT2D eigenvalue weighted by molar-refractivity contribution is -0.117. The number of aromatic nitrogens is 2. The van der Waals surface area contributed by atoms with Crippen LogP contribution in [0.15, 0.2) is 67.3 Å². The van der Waals surface area contributed by atoms with Crippen molar-refractivity contribution in [1.29, 1.82) is 0 Å². The lowest BCUT2D eigenvalue weighted by Gasteiger charge is -2.16. The monoisotopic (exact) mass is 346 g/mol. The van der Waals surface area contributed by atoms with Crippen LogP contribution in [-0.2, 0) is 17.9 Å². The molecule has 1 aliphatic rings. The largest absolute Gasteiger partial charge is 0.312 e. The van der Waals surface area contributed by atoms with E-state index in [1.807, 2.05) is 27.8 Å². The SMILES string of the molecule is O=C1CCCN1c1ccc(CNCc2ccc(-n3ccnc3)cc2)cc1. The Morgan fingerprint density at radius 3 is 2.12 bits per heavy atom. The van der Waals surface area contributed by atoms with Gasteiger partial charge in [0.2, 0.25) is 5.91 Å². The first-order chi connectivity index (χ1) is 12.8. The van der Waals surface area contributed by atoms with Gasteiger partial charge in [-0.05, 0) is 41.8 Å². The summed E-state index contributed by atoms with van der Waals surface area (Å²) in [5.74, 6) is 0.231. The molecule has 0 radical (unpaired) electrons. The van der Waals surface area contributed by atoms with E-state index in [2.05, 4.69) is 46.7 Å². The zero-order chi connectivity index (χ0) is 17.8. The summed E-state index contributed by atoms with van der Waals surface area (Å²) < 4.78 is 1.99. The van der Waals surface area contributed by atoms with E-state index in [1.54, 1.807) is 12.5 Å². The van der Waals surface area contributed by atoms with Gasteiger partial charge in [0.05, 0.1) is 6.33 Å². The van der Waals surface area contributed by atoms with Gasteiger partial charge < -0.3 is 14.8 Å². The minimum Gasteiger partial charge on any atom is -0.312 e. The van der Waals surface area contributed by atoms with Crippen LogP contribution in [0.3, 0.4) is 0 Å². The molecule has 5 heteroatoms. The summed E-state index contributed by atoms with van der Waals surface area (Å²) in [4.78, 5) is 17.7. The highest BCUT2D eigenvalue weighted by Crippen LogP contribution is 2.21. The molecule has 0 unspecified atom stereocenters. The maximum Gasteiger partial charge on any atom is 0.227 e. The van der Waals surface area contributed by atoms with Gasteiger partial charge in [0.1, 0.15) is 0 Å². The molecule has 1 saturated heterocycles. The molecule has 0 aliphatic carbocycles. The van der Waals surface area contributed by atoms with Crippen LogP contribution in [-0.4, -0.2) is 22.0 Å². The minimum absolute atomic E-state index is 0.231. The van der Waals surface area contributed by atoms with Crippen LogP contribution in [0, 0.1) is 0 Å². The van der Waals surface area contributed by atoms with Crippen LogP contribution in [0.25, 0.3) is 5.69 Å². The molecule has 5 nitrogen and oxygen atoms in total. The zero-order valence-electron chi connectivity index (χ0n) is 14.6. The van der Waals surface area contributed by atoms with E-state index in [4.69, 9.17) is 0 Å². The molecule has 1 fully saturated rings. The van der Waals surface area contributed by atoms with E-state index in [0.29, 0.717) is 6.42 Å². The maximum absolute atomic E-state index is 11.8. The van der Waals surface area contributed by atoms with E-state index >= 15 is 0 Å². The first-order valence-corrected chi connectivity index (χ1v) is 8.97. The fraction of sp³-hybridized carbons (Fsp3) is 0.238. The second-order valence-electron chi connectivity index (χ2n) is 6.56. The third-order valence-corrected chi connectivity index (χ3v) is 4.72. The molecule has 0 bridgehead atoms. The molecule has 1 N–H and O–H groups in total. The number of carbonyl (C=O) groups excluding carboxylic acids is 1. The number of nitrogens with one attached hydrogen (secondary N) is 1. The molecule has 26 heavy (non-hydrogen) atoms. The van der Waals surface area contributed by atoms with Gasteiger partial charge >= 0.3 is 0 Å². The molecule has 0 spiro atoms. The van der Waals surface area contributed by atoms with Crippen molar-refractivity contribution >= 4 is 11.6 Å². The molecule has 0 atom stereocenters. The standard InChI is InChI=1S/C21H22N4O/c26-21-2-1-12-25(21)20-9-5-18(6-10-20)15-23-14-17-3-7-19(8-4-17)24-13-11-22-16-24/h3-11,13,16,23H,1-2,12,14-15H2. The van der Waals surface area contributed by atoms with Gasteiger partial charge in [-0.3, -0.25) is 4.79 Å². The van der Waals surface area contributed by atoms with Crippen molar-refractivity contribution in [3.63, 3.8) is 0 Å². The van der Waals surface area contributed by atoms with Gasteiger partial charge in [-0.15, -0.1) is 0 Å². The molecule has 2 heterocycles. The summed E-state index contributed by atoms with van der Waals surface area (Å²) in [6.07, 6.45) is 7.14. The molecule has 1 aromatic heterocycles. The van der Waals surface area contributed by atoms with Crippen LogP contribution in [0.5, 0.6) is 0 Å². The Morgan fingerprint density at radius 1 is 0.923 bits per heavy atom. The van der Waals surface area contributed by atoms with Crippen molar-refractivity contribution in [2.75, 3.05) is 11.4 Å². The third-order valence-electron chi connectivity index (χ3n) is 4.72. The van der Waals surface area contributed by atoms with Crippen LogP contribution in [0.2, 0.25) is 0 Å². The van der Waals surface area contributed by atoms with Crippen LogP contribution in [0.4, 0.5) is 5.69 Å². The first-order valence-electron chi connectivity index (χ1n) is 8.97. The Balaban J connectivity index is 1.30. The molecule has 2 aromatic carbocycles. The molecule has 1 aliphatic heterocycles. The lowest BCUT2D eigenvalue weighted by Crippen LogP contribution is -2.23. The van der Waals surface area contributed by atoms with E-state index in [-0.39, 0.29) is 5.91 Å². The Bertz CT molecular complexity index is 854. The number of rotatable bonds is 6. The minimum atomic E-state index is 0.231. The number of benzene rings is 2. The van der Waals surface area contributed by atoms with E-state index < -0.39 is 0 Å². The summed E-state index contributed by atoms with van der Waals surface area (Å²) in [7, 11) is 0. The van der Waals surface area contributed by atoms with Crippen molar-refractivity contribution in [3.8, 4) is 5.69 Å². The quantitative estimate of drug-likeness (QED) is 0.745. The number of nitrogens with zero attached hydrogens (tertiary/aromatic N) is 3. The molecule has 3 aromatic rings. The van der Waals surface area contributed by atoms with Gasteiger partial charge in [0.15, 0.2) is 0 Å². The predicted molar refractivity (Wildman–Crippen MR) is 102 cm³/mol. The smallest absolute Gasteiger partial charge is 0.227 e. The second-order valence-corrected chi connectivity index (χ2v) is 6.56. The fourth-order valence-corrected chi connectivity index (χ4v) is 3.26. The number of hydrogen-bond donors (Lipinski definition) is 1. The summed E-state index contributed by atoms with van der Waals surface area (Å²) in [5.41, 5.74) is 4.58. The summed E-state index contributed by atoms with van der Waals surface area (Å²) >= 11 is 0. The van der Waals surface area contributed by atoms with Gasteiger partial charge in [-0.2, -0.15) is 0 Å². The van der Waals surface area contributed by atoms with E-state index in [1.165, 1.54) is 11.1 Å². The van der Waals surface area contributed by atoms with Crippen molar-refractivity contribution in [3.05, 3.63) is 78.4 Å². The predicted octanol–water partition coefficient (Wildman–Crippen LogP) is 3.29. The average molecular weight is 346 g/mol. The summed E-state index contributed by atoms with van der Waals surface area (Å²) in [6, 6.07) is 16.7. The third kappa shape index (κ3) is 3.68. The highest BCUT2D eigenvalue weighted by molar-refractivity contribution is 5.95. The summed E-state index contributed by atoms with van der Waals surface area (Å²) in [5, 5.41) is 3.47. The Labute approximate surface area is 153 Å². The fourth-order valence-electron chi connectivity index (χ4n) is 3.26. The molecular formula is C21H22N4O. The maximum atomic E-state index is 11.8. The average Bonchev–Trinajstić information content (AvgIpc) is 3.35. The molecule has 1 amide bonds. The number of imidazole rings is 1. The number of carbonyl (C=O) groups is 1. The second kappa shape index (κ2) is 7.54. The molecule has 132 valence electrons. The highest BCUT2D eigenvalue weighted by Gasteiger charge is 2.21. The van der Waals surface area contributed by atoms with Gasteiger partial charge in [-0.25, -0.2) is 4.98 Å². The Hall–Kier alpha value is -2.92. The molecule has 4 rings (SSSR count). The van der Waals surface area contributed by atoms with Gasteiger partial charge in [0, 0.05) is 49.8 Å². The molecule has 0 saturated carbocycles. The molecular weight excluding hydrogens is 324 g/mol. The van der Waals surface area contributed by atoms with Gasteiger partial charge in [-0.1, -0.05) is 24.3 Å². The van der Waals surface area contributed by atoms with Crippen LogP contribution >= 0.6 is 0 Å². The first kappa shape index (κ1) is 16.5. The van der Waals surface area contributed by atoms with Crippen molar-refractivity contribution < 1.29 is 4.79 Å².